The number of ether oxygens (including phenoxy) is 1. The molecule has 0 saturated carbocycles. The van der Waals surface area contributed by atoms with Gasteiger partial charge in [-0.3, -0.25) is 4.79 Å². The summed E-state index contributed by atoms with van der Waals surface area (Å²) in [6, 6.07) is 6.30. The van der Waals surface area contributed by atoms with E-state index in [1.165, 1.54) is 36.1 Å². The Morgan fingerprint density at radius 3 is 2.05 bits per heavy atom. The van der Waals surface area contributed by atoms with Crippen LogP contribution in [0.5, 0.6) is 0 Å². The van der Waals surface area contributed by atoms with Crippen molar-refractivity contribution >= 4 is 5.91 Å². The van der Waals surface area contributed by atoms with E-state index in [2.05, 4.69) is 0 Å². The lowest BCUT2D eigenvalue weighted by molar-refractivity contribution is -0.156. The van der Waals surface area contributed by atoms with Gasteiger partial charge in [0.15, 0.2) is 0 Å². The number of fused-ring (bicyclic) bond motifs is 1. The minimum Gasteiger partial charge on any atom is -0.383 e. The third kappa shape index (κ3) is 5.34. The molecule has 2 heterocycles. The lowest BCUT2D eigenvalue weighted by Crippen LogP contribution is -2.56. The maximum atomic E-state index is 13.6. The van der Waals surface area contributed by atoms with Gasteiger partial charge in [-0.25, -0.2) is 4.39 Å². The standard InChI is InChI=1S/C26H26F7NO3/c1-13(15-8-16(25(28,29)30)10-17(9-15)26(31,32)33)37-20-12-34-19(11-24(2,3)22(35)23(34)36)21(20)14-4-6-18(27)7-5-14/h4-10,13,19-22,35H,11-12H2,1-3H3/t13-,19?,20+,21+,22?/m1/s1. The molecule has 0 radical (unpaired) electrons. The van der Waals surface area contributed by atoms with Gasteiger partial charge in [0.25, 0.3) is 5.91 Å². The van der Waals surface area contributed by atoms with Crippen molar-refractivity contribution in [1.82, 2.24) is 4.90 Å². The zero-order chi connectivity index (χ0) is 27.5. The summed E-state index contributed by atoms with van der Waals surface area (Å²) < 4.78 is 99.9. The van der Waals surface area contributed by atoms with Gasteiger partial charge in [-0.15, -0.1) is 0 Å². The predicted molar refractivity (Wildman–Crippen MR) is 119 cm³/mol. The fourth-order valence-corrected chi connectivity index (χ4v) is 5.32. The second-order valence-electron chi connectivity index (χ2n) is 10.4. The van der Waals surface area contributed by atoms with E-state index in [-0.39, 0.29) is 18.2 Å². The molecular formula is C26H26F7NO3. The molecule has 0 bridgehead atoms. The van der Waals surface area contributed by atoms with Gasteiger partial charge in [0.1, 0.15) is 11.9 Å². The normalized spacial score (nSPS) is 26.8. The first-order chi connectivity index (χ1) is 17.0. The lowest BCUT2D eigenvalue weighted by Gasteiger charge is -2.44. The van der Waals surface area contributed by atoms with Crippen LogP contribution in [0, 0.1) is 11.2 Å². The summed E-state index contributed by atoms with van der Waals surface area (Å²) in [4.78, 5) is 14.4. The van der Waals surface area contributed by atoms with Crippen molar-refractivity contribution in [3.63, 3.8) is 0 Å². The van der Waals surface area contributed by atoms with Crippen LogP contribution in [-0.2, 0) is 21.9 Å². The lowest BCUT2D eigenvalue weighted by atomic mass is 9.73. The monoisotopic (exact) mass is 533 g/mol. The van der Waals surface area contributed by atoms with E-state index in [1.807, 2.05) is 0 Å². The first-order valence-corrected chi connectivity index (χ1v) is 11.7. The van der Waals surface area contributed by atoms with E-state index >= 15 is 0 Å². The van der Waals surface area contributed by atoms with Crippen LogP contribution in [0.2, 0.25) is 0 Å². The predicted octanol–water partition coefficient (Wildman–Crippen LogP) is 6.09. The van der Waals surface area contributed by atoms with Crippen molar-refractivity contribution in [2.75, 3.05) is 6.54 Å². The Bertz CT molecular complexity index is 1130. The third-order valence-corrected chi connectivity index (χ3v) is 7.30. The second-order valence-corrected chi connectivity index (χ2v) is 10.4. The van der Waals surface area contributed by atoms with Crippen molar-refractivity contribution in [3.8, 4) is 0 Å². The number of hydrogen-bond donors (Lipinski definition) is 1. The van der Waals surface area contributed by atoms with Gasteiger partial charge in [-0.05, 0) is 54.8 Å². The fourth-order valence-electron chi connectivity index (χ4n) is 5.32. The van der Waals surface area contributed by atoms with Crippen LogP contribution in [0.25, 0.3) is 0 Å². The average molecular weight is 533 g/mol. The topological polar surface area (TPSA) is 49.8 Å². The number of piperidine rings is 1. The Labute approximate surface area is 209 Å². The van der Waals surface area contributed by atoms with Crippen molar-refractivity contribution in [1.29, 1.82) is 0 Å². The highest BCUT2D eigenvalue weighted by atomic mass is 19.4. The van der Waals surface area contributed by atoms with Gasteiger partial charge in [0.2, 0.25) is 0 Å². The van der Waals surface area contributed by atoms with Crippen LogP contribution in [0.15, 0.2) is 42.5 Å². The summed E-state index contributed by atoms with van der Waals surface area (Å²) in [5, 5.41) is 10.5. The number of halogens is 7. The van der Waals surface area contributed by atoms with E-state index in [9.17, 15) is 40.6 Å². The van der Waals surface area contributed by atoms with E-state index < -0.39 is 70.9 Å². The Morgan fingerprint density at radius 1 is 1.00 bits per heavy atom. The highest BCUT2D eigenvalue weighted by molar-refractivity contribution is 5.83. The molecule has 4 nitrogen and oxygen atoms in total. The zero-order valence-electron chi connectivity index (χ0n) is 20.2. The van der Waals surface area contributed by atoms with Crippen LogP contribution in [0.3, 0.4) is 0 Å². The minimum absolute atomic E-state index is 0.0336. The smallest absolute Gasteiger partial charge is 0.383 e. The van der Waals surface area contributed by atoms with Gasteiger partial charge in [-0.1, -0.05) is 26.0 Å². The summed E-state index contributed by atoms with van der Waals surface area (Å²) in [5.74, 6) is -1.58. The summed E-state index contributed by atoms with van der Waals surface area (Å²) in [6.45, 7) is 4.77. The summed E-state index contributed by atoms with van der Waals surface area (Å²) >= 11 is 0. The van der Waals surface area contributed by atoms with Gasteiger partial charge in [-0.2, -0.15) is 26.3 Å². The minimum atomic E-state index is -5.01. The number of carbonyl (C=O) groups excluding carboxylic acids is 1. The van der Waals surface area contributed by atoms with Crippen LogP contribution < -0.4 is 0 Å². The van der Waals surface area contributed by atoms with E-state index in [0.29, 0.717) is 24.1 Å². The summed E-state index contributed by atoms with van der Waals surface area (Å²) in [5.41, 5.74) is -3.42. The SMILES string of the molecule is C[C@@H](O[C@H]1CN2C(=O)C(O)C(C)(C)CC2[C@@H]1c1ccc(F)cc1)c1cc(C(F)(F)F)cc(C(F)(F)F)c1. The molecule has 0 aliphatic carbocycles. The number of rotatable bonds is 4. The quantitative estimate of drug-likeness (QED) is 0.484. The molecule has 2 saturated heterocycles. The van der Waals surface area contributed by atoms with Crippen molar-refractivity contribution < 1.29 is 45.4 Å². The fraction of sp³-hybridized carbons (Fsp3) is 0.500. The molecule has 4 rings (SSSR count). The summed E-state index contributed by atoms with van der Waals surface area (Å²) in [6.07, 6.45) is -13.0. The first-order valence-electron chi connectivity index (χ1n) is 11.7. The van der Waals surface area contributed by atoms with E-state index in [0.717, 1.165) is 0 Å². The molecule has 2 aromatic carbocycles. The Hall–Kier alpha value is -2.66. The number of aliphatic hydroxyl groups is 1. The van der Waals surface area contributed by atoms with Gasteiger partial charge in [0, 0.05) is 23.9 Å². The molecule has 37 heavy (non-hydrogen) atoms. The average Bonchev–Trinajstić information content (AvgIpc) is 3.13. The third-order valence-electron chi connectivity index (χ3n) is 7.30. The van der Waals surface area contributed by atoms with Crippen LogP contribution in [-0.4, -0.2) is 40.7 Å². The molecule has 5 atom stereocenters. The number of hydrogen-bond acceptors (Lipinski definition) is 3. The van der Waals surface area contributed by atoms with E-state index in [4.69, 9.17) is 4.74 Å². The second kappa shape index (κ2) is 9.27. The van der Waals surface area contributed by atoms with Crippen molar-refractivity contribution in [2.24, 2.45) is 5.41 Å². The molecular weight excluding hydrogens is 507 g/mol. The van der Waals surface area contributed by atoms with Crippen LogP contribution >= 0.6 is 0 Å². The van der Waals surface area contributed by atoms with Crippen LogP contribution in [0.4, 0.5) is 30.7 Å². The Kier molecular flexibility index (Phi) is 6.86. The number of amides is 1. The Balaban J connectivity index is 1.71. The molecule has 1 amide bonds. The van der Waals surface area contributed by atoms with Gasteiger partial charge >= 0.3 is 12.4 Å². The number of nitrogens with zero attached hydrogens (tertiary/aromatic N) is 1. The molecule has 202 valence electrons. The Morgan fingerprint density at radius 2 is 1.54 bits per heavy atom. The maximum Gasteiger partial charge on any atom is 0.416 e. The number of alkyl halides is 6. The highest BCUT2D eigenvalue weighted by Gasteiger charge is 2.55. The van der Waals surface area contributed by atoms with Gasteiger partial charge < -0.3 is 14.7 Å². The zero-order valence-corrected chi connectivity index (χ0v) is 20.2. The number of benzene rings is 2. The molecule has 2 aliphatic heterocycles. The van der Waals surface area contributed by atoms with Crippen molar-refractivity contribution in [2.45, 2.75) is 69.8 Å². The molecule has 0 spiro atoms. The van der Waals surface area contributed by atoms with Crippen molar-refractivity contribution in [3.05, 3.63) is 70.5 Å². The highest BCUT2D eigenvalue weighted by Crippen LogP contribution is 2.47. The molecule has 2 aliphatic rings. The largest absolute Gasteiger partial charge is 0.416 e. The molecule has 11 heteroatoms. The number of carbonyl (C=O) groups is 1. The summed E-state index contributed by atoms with van der Waals surface area (Å²) in [7, 11) is 0. The molecule has 2 fully saturated rings. The molecule has 2 unspecified atom stereocenters. The molecule has 0 aromatic heterocycles. The maximum absolute atomic E-state index is 13.6. The first kappa shape index (κ1) is 27.4. The molecule has 2 aromatic rings. The van der Waals surface area contributed by atoms with Crippen LogP contribution in [0.1, 0.15) is 61.5 Å². The van der Waals surface area contributed by atoms with Gasteiger partial charge in [0.05, 0.1) is 23.3 Å². The molecule has 1 N–H and O–H groups in total. The number of aliphatic hydroxyl groups excluding tert-OH is 1. The van der Waals surface area contributed by atoms with E-state index in [1.54, 1.807) is 13.8 Å².